The van der Waals surface area contributed by atoms with Gasteiger partial charge in [-0.15, -0.1) is 0 Å². The number of hydrogen-bond donors (Lipinski definition) is 3. The number of hydrogen-bond acceptors (Lipinski definition) is 6. The molecule has 3 N–H and O–H groups in total. The van der Waals surface area contributed by atoms with Crippen LogP contribution in [-0.4, -0.2) is 33.9 Å². The van der Waals surface area contributed by atoms with Crippen LogP contribution in [0.3, 0.4) is 0 Å². The Hall–Kier alpha value is -3.37. The van der Waals surface area contributed by atoms with Crippen molar-refractivity contribution >= 4 is 44.5 Å². The van der Waals surface area contributed by atoms with Crippen LogP contribution in [0.25, 0.3) is 0 Å². The molecule has 0 atom stereocenters. The number of para-hydroxylation sites is 2. The highest BCUT2D eigenvalue weighted by molar-refractivity contribution is 7.92. The van der Waals surface area contributed by atoms with E-state index in [0.29, 0.717) is 28.3 Å². The summed E-state index contributed by atoms with van der Waals surface area (Å²) >= 11 is 1.41. The van der Waals surface area contributed by atoms with E-state index in [4.69, 9.17) is 4.74 Å². The Kier molecular flexibility index (Phi) is 7.49. The van der Waals surface area contributed by atoms with Gasteiger partial charge < -0.3 is 15.4 Å². The summed E-state index contributed by atoms with van der Waals surface area (Å²) in [5, 5.41) is 8.87. The van der Waals surface area contributed by atoms with Crippen molar-refractivity contribution in [2.45, 2.75) is 18.2 Å². The van der Waals surface area contributed by atoms with E-state index >= 15 is 0 Å². The molecule has 1 aromatic heterocycles. The van der Waals surface area contributed by atoms with Crippen LogP contribution in [0.2, 0.25) is 0 Å². The highest BCUT2D eigenvalue weighted by Crippen LogP contribution is 2.28. The fraction of sp³-hybridized carbons (Fsp3) is 0.182. The first kappa shape index (κ1) is 23.3. The summed E-state index contributed by atoms with van der Waals surface area (Å²) in [6.45, 7) is 1.83. The summed E-state index contributed by atoms with van der Waals surface area (Å²) in [6.07, 6.45) is 0.0469. The molecule has 3 aromatic rings. The van der Waals surface area contributed by atoms with E-state index in [9.17, 15) is 18.0 Å². The van der Waals surface area contributed by atoms with Crippen LogP contribution >= 0.6 is 11.3 Å². The monoisotopic (exact) mass is 473 g/mol. The van der Waals surface area contributed by atoms with Crippen molar-refractivity contribution < 1.29 is 22.7 Å². The highest BCUT2D eigenvalue weighted by Gasteiger charge is 2.20. The number of ether oxygens (including phenoxy) is 1. The number of rotatable bonds is 9. The summed E-state index contributed by atoms with van der Waals surface area (Å²) in [6, 6.07) is 13.0. The third-order valence-electron chi connectivity index (χ3n) is 4.53. The Morgan fingerprint density at radius 2 is 1.88 bits per heavy atom. The van der Waals surface area contributed by atoms with Crippen molar-refractivity contribution in [3.05, 3.63) is 70.4 Å². The van der Waals surface area contributed by atoms with Gasteiger partial charge in [-0.3, -0.25) is 14.3 Å². The molecule has 0 spiro atoms. The number of anilines is 2. The van der Waals surface area contributed by atoms with Crippen LogP contribution in [0.5, 0.6) is 5.75 Å². The van der Waals surface area contributed by atoms with Gasteiger partial charge in [0.25, 0.3) is 15.9 Å². The molecule has 10 heteroatoms. The van der Waals surface area contributed by atoms with Gasteiger partial charge in [-0.05, 0) is 48.2 Å². The lowest BCUT2D eigenvalue weighted by atomic mass is 10.2. The van der Waals surface area contributed by atoms with E-state index in [-0.39, 0.29) is 29.7 Å². The second kappa shape index (κ2) is 10.3. The largest absolute Gasteiger partial charge is 0.495 e. The van der Waals surface area contributed by atoms with Crippen LogP contribution in [-0.2, 0) is 14.8 Å². The zero-order valence-corrected chi connectivity index (χ0v) is 19.2. The van der Waals surface area contributed by atoms with Gasteiger partial charge in [0.05, 0.1) is 17.7 Å². The molecule has 0 aliphatic heterocycles. The smallest absolute Gasteiger partial charge is 0.262 e. The summed E-state index contributed by atoms with van der Waals surface area (Å²) < 4.78 is 33.6. The standard InChI is InChI=1S/C22H23N3O5S2/c1-15-7-8-17(24-21(26)9-11-23-22(27)16-10-12-31-14-16)13-20(15)32(28,29)25-18-5-3-4-6-19(18)30-2/h3-8,10,12-14,25H,9,11H2,1-2H3,(H,23,27)(H,24,26). The quantitative estimate of drug-likeness (QED) is 0.439. The predicted molar refractivity (Wildman–Crippen MR) is 125 cm³/mol. The van der Waals surface area contributed by atoms with Gasteiger partial charge in [0.2, 0.25) is 5.91 Å². The second-order valence-electron chi connectivity index (χ2n) is 6.85. The Balaban J connectivity index is 1.65. The van der Waals surface area contributed by atoms with Crippen molar-refractivity contribution in [2.24, 2.45) is 0 Å². The Morgan fingerprint density at radius 3 is 2.59 bits per heavy atom. The number of benzene rings is 2. The molecule has 2 amide bonds. The second-order valence-corrected chi connectivity index (χ2v) is 9.28. The maximum atomic E-state index is 13.0. The van der Waals surface area contributed by atoms with Crippen LogP contribution in [0.4, 0.5) is 11.4 Å². The van der Waals surface area contributed by atoms with Crippen molar-refractivity contribution in [2.75, 3.05) is 23.7 Å². The molecule has 0 aliphatic rings. The topological polar surface area (TPSA) is 114 Å². The molecule has 3 rings (SSSR count). The van der Waals surface area contributed by atoms with E-state index < -0.39 is 10.0 Å². The molecule has 0 saturated heterocycles. The summed E-state index contributed by atoms with van der Waals surface area (Å²) in [7, 11) is -2.47. The summed E-state index contributed by atoms with van der Waals surface area (Å²) in [4.78, 5) is 24.2. The summed E-state index contributed by atoms with van der Waals surface area (Å²) in [5.74, 6) is -0.201. The number of carbonyl (C=O) groups excluding carboxylic acids is 2. The van der Waals surface area contributed by atoms with E-state index in [1.807, 2.05) is 0 Å². The molecular formula is C22H23N3O5S2. The van der Waals surface area contributed by atoms with Crippen LogP contribution < -0.4 is 20.1 Å². The molecule has 8 nitrogen and oxygen atoms in total. The molecule has 32 heavy (non-hydrogen) atoms. The Labute approximate surface area is 190 Å². The first-order valence-electron chi connectivity index (χ1n) is 9.67. The van der Waals surface area contributed by atoms with Crippen molar-refractivity contribution in [1.29, 1.82) is 0 Å². The lowest BCUT2D eigenvalue weighted by Gasteiger charge is -2.14. The minimum atomic E-state index is -3.93. The SMILES string of the molecule is COc1ccccc1NS(=O)(=O)c1cc(NC(=O)CCNC(=O)c2ccsc2)ccc1C. The summed E-state index contributed by atoms with van der Waals surface area (Å²) in [5.41, 5.74) is 1.72. The zero-order valence-electron chi connectivity index (χ0n) is 17.5. The average molecular weight is 474 g/mol. The van der Waals surface area contributed by atoms with Crippen LogP contribution in [0, 0.1) is 6.92 Å². The Morgan fingerprint density at radius 1 is 1.09 bits per heavy atom. The molecular weight excluding hydrogens is 450 g/mol. The molecule has 0 aliphatic carbocycles. The normalized spacial score (nSPS) is 10.9. The number of methoxy groups -OCH3 is 1. The molecule has 0 fully saturated rings. The first-order valence-corrected chi connectivity index (χ1v) is 12.1. The molecule has 0 radical (unpaired) electrons. The third-order valence-corrected chi connectivity index (χ3v) is 6.72. The van der Waals surface area contributed by atoms with Gasteiger partial charge in [-0.25, -0.2) is 8.42 Å². The van der Waals surface area contributed by atoms with E-state index in [2.05, 4.69) is 15.4 Å². The maximum Gasteiger partial charge on any atom is 0.262 e. The van der Waals surface area contributed by atoms with E-state index in [1.54, 1.807) is 60.1 Å². The molecule has 0 saturated carbocycles. The van der Waals surface area contributed by atoms with Gasteiger partial charge >= 0.3 is 0 Å². The minimum Gasteiger partial charge on any atom is -0.495 e. The molecule has 2 aromatic carbocycles. The van der Waals surface area contributed by atoms with Gasteiger partial charge in [0.1, 0.15) is 5.75 Å². The van der Waals surface area contributed by atoms with Crippen LogP contribution in [0.15, 0.2) is 64.2 Å². The zero-order chi connectivity index (χ0) is 23.1. The molecule has 1 heterocycles. The average Bonchev–Trinajstić information content (AvgIpc) is 3.30. The number of thiophene rings is 1. The van der Waals surface area contributed by atoms with Gasteiger partial charge in [-0.1, -0.05) is 18.2 Å². The first-order chi connectivity index (χ1) is 15.3. The highest BCUT2D eigenvalue weighted by atomic mass is 32.2. The fourth-order valence-corrected chi connectivity index (χ4v) is 4.88. The lowest BCUT2D eigenvalue weighted by Crippen LogP contribution is -2.27. The molecule has 168 valence electrons. The number of carbonyl (C=O) groups is 2. The van der Waals surface area contributed by atoms with E-state index in [0.717, 1.165) is 0 Å². The number of amides is 2. The fourth-order valence-electron chi connectivity index (χ4n) is 2.90. The van der Waals surface area contributed by atoms with Crippen molar-refractivity contribution in [1.82, 2.24) is 5.32 Å². The predicted octanol–water partition coefficient (Wildman–Crippen LogP) is 3.62. The van der Waals surface area contributed by atoms with Gasteiger partial charge in [0.15, 0.2) is 0 Å². The number of nitrogens with one attached hydrogen (secondary N) is 3. The number of aryl methyl sites for hydroxylation is 1. The van der Waals surface area contributed by atoms with Gasteiger partial charge in [-0.2, -0.15) is 11.3 Å². The molecule has 0 unspecified atom stereocenters. The number of sulfonamides is 1. The lowest BCUT2D eigenvalue weighted by molar-refractivity contribution is -0.116. The molecule has 0 bridgehead atoms. The van der Waals surface area contributed by atoms with Gasteiger partial charge in [0, 0.05) is 29.6 Å². The van der Waals surface area contributed by atoms with Crippen molar-refractivity contribution in [3.63, 3.8) is 0 Å². The third kappa shape index (κ3) is 5.86. The maximum absolute atomic E-state index is 13.0. The Bertz CT molecular complexity index is 1210. The minimum absolute atomic E-state index is 0.0342. The van der Waals surface area contributed by atoms with Crippen LogP contribution in [0.1, 0.15) is 22.3 Å². The van der Waals surface area contributed by atoms with E-state index in [1.165, 1.54) is 24.5 Å². The van der Waals surface area contributed by atoms with Crippen molar-refractivity contribution in [3.8, 4) is 5.75 Å².